The summed E-state index contributed by atoms with van der Waals surface area (Å²) < 4.78 is 13.6. The van der Waals surface area contributed by atoms with E-state index in [4.69, 9.17) is 5.11 Å². The number of halogens is 1. The molecule has 104 valence electrons. The van der Waals surface area contributed by atoms with Gasteiger partial charge in [-0.05, 0) is 19.4 Å². The van der Waals surface area contributed by atoms with E-state index in [1.54, 1.807) is 6.92 Å². The molecule has 0 saturated carbocycles. The van der Waals surface area contributed by atoms with Gasteiger partial charge in [0.1, 0.15) is 5.82 Å². The quantitative estimate of drug-likeness (QED) is 0.650. The molecule has 0 fully saturated rings. The highest BCUT2D eigenvalue weighted by atomic mass is 19.1. The van der Waals surface area contributed by atoms with Crippen molar-refractivity contribution in [1.82, 2.24) is 4.90 Å². The first-order valence-corrected chi connectivity index (χ1v) is 5.70. The Kier molecular flexibility index (Phi) is 4.94. The van der Waals surface area contributed by atoms with Crippen LogP contribution in [0, 0.1) is 15.9 Å². The molecule has 0 saturated heterocycles. The molecule has 1 unspecified atom stereocenters. The van der Waals surface area contributed by atoms with Gasteiger partial charge >= 0.3 is 0 Å². The number of carbonyl (C=O) groups excluding carboxylic acids is 1. The van der Waals surface area contributed by atoms with Crippen LogP contribution >= 0.6 is 0 Å². The summed E-state index contributed by atoms with van der Waals surface area (Å²) in [7, 11) is 1.48. The van der Waals surface area contributed by atoms with Crippen LogP contribution in [0.2, 0.25) is 0 Å². The monoisotopic (exact) mass is 270 g/mol. The normalized spacial score (nSPS) is 12.0. The van der Waals surface area contributed by atoms with Crippen LogP contribution in [0.3, 0.4) is 0 Å². The molecule has 0 aliphatic rings. The first-order valence-electron chi connectivity index (χ1n) is 5.70. The number of hydrogen-bond acceptors (Lipinski definition) is 4. The number of hydrogen-bond donors (Lipinski definition) is 1. The van der Waals surface area contributed by atoms with Gasteiger partial charge < -0.3 is 10.0 Å². The molecule has 0 heterocycles. The van der Waals surface area contributed by atoms with Crippen LogP contribution in [0.1, 0.15) is 23.7 Å². The molecule has 0 bridgehead atoms. The standard InChI is InChI=1S/C12H15FN2O4/c1-8(16)5-6-14(2)12(17)10-4-3-9(15(18)19)7-11(10)13/h3-4,7-8,16H,5-6H2,1-2H3. The molecule has 1 rings (SSSR count). The van der Waals surface area contributed by atoms with Crippen molar-refractivity contribution in [3.8, 4) is 0 Å². The number of nitro groups is 1. The molecule has 0 aromatic heterocycles. The van der Waals surface area contributed by atoms with Gasteiger partial charge in [-0.25, -0.2) is 4.39 Å². The molecule has 0 radical (unpaired) electrons. The summed E-state index contributed by atoms with van der Waals surface area (Å²) in [5, 5.41) is 19.6. The first-order chi connectivity index (χ1) is 8.82. The van der Waals surface area contributed by atoms with E-state index in [-0.39, 0.29) is 12.1 Å². The maximum absolute atomic E-state index is 13.6. The van der Waals surface area contributed by atoms with Crippen molar-refractivity contribution < 1.29 is 19.2 Å². The highest BCUT2D eigenvalue weighted by molar-refractivity contribution is 5.94. The van der Waals surface area contributed by atoms with Crippen molar-refractivity contribution in [3.05, 3.63) is 39.7 Å². The summed E-state index contributed by atoms with van der Waals surface area (Å²) in [6.07, 6.45) is -0.187. The van der Waals surface area contributed by atoms with Crippen molar-refractivity contribution in [1.29, 1.82) is 0 Å². The second-order valence-electron chi connectivity index (χ2n) is 4.29. The van der Waals surface area contributed by atoms with E-state index >= 15 is 0 Å². The van der Waals surface area contributed by atoms with E-state index in [9.17, 15) is 19.3 Å². The maximum Gasteiger partial charge on any atom is 0.272 e. The van der Waals surface area contributed by atoms with Gasteiger partial charge in [-0.1, -0.05) is 0 Å². The van der Waals surface area contributed by atoms with Crippen LogP contribution in [0.25, 0.3) is 0 Å². The Morgan fingerprint density at radius 3 is 2.68 bits per heavy atom. The van der Waals surface area contributed by atoms with Gasteiger partial charge in [0.25, 0.3) is 11.6 Å². The zero-order valence-corrected chi connectivity index (χ0v) is 10.7. The van der Waals surface area contributed by atoms with Crippen molar-refractivity contribution >= 4 is 11.6 Å². The van der Waals surface area contributed by atoms with E-state index in [1.807, 2.05) is 0 Å². The first kappa shape index (κ1) is 15.0. The van der Waals surface area contributed by atoms with E-state index in [1.165, 1.54) is 11.9 Å². The summed E-state index contributed by atoms with van der Waals surface area (Å²) in [5.41, 5.74) is -0.626. The van der Waals surface area contributed by atoms with Crippen LogP contribution < -0.4 is 0 Å². The fourth-order valence-electron chi connectivity index (χ4n) is 1.48. The minimum atomic E-state index is -0.928. The van der Waals surface area contributed by atoms with E-state index in [2.05, 4.69) is 0 Å². The lowest BCUT2D eigenvalue weighted by atomic mass is 10.1. The highest BCUT2D eigenvalue weighted by Gasteiger charge is 2.19. The van der Waals surface area contributed by atoms with Crippen molar-refractivity contribution in [2.75, 3.05) is 13.6 Å². The number of non-ortho nitro benzene ring substituents is 1. The molecule has 1 N–H and O–H groups in total. The van der Waals surface area contributed by atoms with Gasteiger partial charge in [-0.2, -0.15) is 0 Å². The minimum absolute atomic E-state index is 0.223. The molecule has 1 atom stereocenters. The van der Waals surface area contributed by atoms with Crippen LogP contribution in [-0.2, 0) is 0 Å². The van der Waals surface area contributed by atoms with Crippen LogP contribution in [0.15, 0.2) is 18.2 Å². The third kappa shape index (κ3) is 3.99. The molecule has 0 aliphatic carbocycles. The van der Waals surface area contributed by atoms with E-state index in [0.29, 0.717) is 6.42 Å². The lowest BCUT2D eigenvalue weighted by molar-refractivity contribution is -0.385. The number of rotatable bonds is 5. The maximum atomic E-state index is 13.6. The zero-order valence-electron chi connectivity index (χ0n) is 10.7. The lowest BCUT2D eigenvalue weighted by Crippen LogP contribution is -2.30. The summed E-state index contributed by atoms with van der Waals surface area (Å²) >= 11 is 0. The number of carbonyl (C=O) groups is 1. The van der Waals surface area contributed by atoms with Gasteiger partial charge in [0.15, 0.2) is 0 Å². The molecule has 7 heteroatoms. The predicted molar refractivity (Wildman–Crippen MR) is 66.3 cm³/mol. The number of nitro benzene ring substituents is 1. The van der Waals surface area contributed by atoms with Crippen molar-refractivity contribution in [2.24, 2.45) is 0 Å². The molecule has 1 amide bonds. The van der Waals surface area contributed by atoms with Gasteiger partial charge in [-0.15, -0.1) is 0 Å². The number of nitrogens with zero attached hydrogens (tertiary/aromatic N) is 2. The van der Waals surface area contributed by atoms with Gasteiger partial charge in [-0.3, -0.25) is 14.9 Å². The third-order valence-corrected chi connectivity index (χ3v) is 2.62. The molecule has 19 heavy (non-hydrogen) atoms. The average molecular weight is 270 g/mol. The van der Waals surface area contributed by atoms with Crippen LogP contribution in [-0.4, -0.2) is 40.5 Å². The Morgan fingerprint density at radius 1 is 1.58 bits per heavy atom. The Morgan fingerprint density at radius 2 is 2.21 bits per heavy atom. The van der Waals surface area contributed by atoms with Crippen LogP contribution in [0.5, 0.6) is 0 Å². The summed E-state index contributed by atoms with van der Waals surface area (Å²) in [6.45, 7) is 1.86. The smallest absolute Gasteiger partial charge is 0.272 e. The number of aliphatic hydroxyl groups excluding tert-OH is 1. The molecular formula is C12H15FN2O4. The minimum Gasteiger partial charge on any atom is -0.393 e. The lowest BCUT2D eigenvalue weighted by Gasteiger charge is -2.18. The second-order valence-corrected chi connectivity index (χ2v) is 4.29. The van der Waals surface area contributed by atoms with Gasteiger partial charge in [0.05, 0.1) is 22.7 Å². The molecule has 1 aromatic carbocycles. The zero-order chi connectivity index (χ0) is 14.6. The SMILES string of the molecule is CC(O)CCN(C)C(=O)c1ccc([N+](=O)[O-])cc1F. The topological polar surface area (TPSA) is 83.7 Å². The van der Waals surface area contributed by atoms with Crippen LogP contribution in [0.4, 0.5) is 10.1 Å². The number of benzene rings is 1. The predicted octanol–water partition coefficient (Wildman–Crippen LogP) is 1.58. The average Bonchev–Trinajstić information content (AvgIpc) is 2.34. The highest BCUT2D eigenvalue weighted by Crippen LogP contribution is 2.17. The molecule has 1 aromatic rings. The number of aliphatic hydroxyl groups is 1. The second kappa shape index (κ2) is 6.24. The Balaban J connectivity index is 2.85. The largest absolute Gasteiger partial charge is 0.393 e. The van der Waals surface area contributed by atoms with Gasteiger partial charge in [0.2, 0.25) is 0 Å². The molecular weight excluding hydrogens is 255 g/mol. The van der Waals surface area contributed by atoms with E-state index in [0.717, 1.165) is 18.2 Å². The summed E-state index contributed by atoms with van der Waals surface area (Å²) in [4.78, 5) is 22.9. The van der Waals surface area contributed by atoms with Crippen molar-refractivity contribution in [2.45, 2.75) is 19.4 Å². The van der Waals surface area contributed by atoms with E-state index < -0.39 is 28.4 Å². The fraction of sp³-hybridized carbons (Fsp3) is 0.417. The number of amides is 1. The molecule has 0 aliphatic heterocycles. The molecule has 0 spiro atoms. The summed E-state index contributed by atoms with van der Waals surface area (Å²) in [6, 6.07) is 2.89. The Hall–Kier alpha value is -2.02. The van der Waals surface area contributed by atoms with Crippen molar-refractivity contribution in [3.63, 3.8) is 0 Å². The summed E-state index contributed by atoms with van der Waals surface area (Å²) in [5.74, 6) is -1.50. The fourth-order valence-corrected chi connectivity index (χ4v) is 1.48. The third-order valence-electron chi connectivity index (χ3n) is 2.62. The van der Waals surface area contributed by atoms with Gasteiger partial charge in [0, 0.05) is 19.7 Å². The Labute approximate surface area is 109 Å². The Bertz CT molecular complexity index is 491. The molecule has 6 nitrogen and oxygen atoms in total.